The van der Waals surface area contributed by atoms with Gasteiger partial charge in [0.1, 0.15) is 11.7 Å². The van der Waals surface area contributed by atoms with Crippen molar-refractivity contribution in [2.45, 2.75) is 49.9 Å². The number of benzene rings is 2. The van der Waals surface area contributed by atoms with Crippen molar-refractivity contribution in [2.75, 3.05) is 10.2 Å². The predicted octanol–water partition coefficient (Wildman–Crippen LogP) is 5.27. The van der Waals surface area contributed by atoms with Gasteiger partial charge in [0, 0.05) is 12.1 Å². The number of carbonyl (C=O) groups excluding carboxylic acids is 3. The van der Waals surface area contributed by atoms with E-state index in [1.165, 1.54) is 19.9 Å². The first-order chi connectivity index (χ1) is 18.5. The number of imide groups is 1. The number of ether oxygens (including phenoxy) is 2. The Morgan fingerprint density at radius 3 is 2.23 bits per heavy atom. The molecule has 3 amide bonds. The minimum Gasteiger partial charge on any atom is -0.443 e. The molecule has 0 aliphatic carbocycles. The number of nitriles is 1. The molecule has 3 heterocycles. The SMILES string of the molecule is C[C@@]12O[C@](C)(C[C@@H]1OC(=O)Nc1ccc(C(F)(F)F)cc1)[C@@H]1C(=O)N(c3ccc(C#N)c(C(F)(F)F)c3)C(=O)[C@@H]12. The van der Waals surface area contributed by atoms with E-state index in [9.17, 15) is 40.7 Å². The number of carbonyl (C=O) groups is 3. The van der Waals surface area contributed by atoms with Gasteiger partial charge in [0.25, 0.3) is 0 Å². The fourth-order valence-electron chi connectivity index (χ4n) is 5.93. The van der Waals surface area contributed by atoms with Crippen LogP contribution in [-0.2, 0) is 31.4 Å². The lowest BCUT2D eigenvalue weighted by atomic mass is 9.67. The molecule has 8 nitrogen and oxygen atoms in total. The predicted molar refractivity (Wildman–Crippen MR) is 123 cm³/mol. The largest absolute Gasteiger partial charge is 0.443 e. The summed E-state index contributed by atoms with van der Waals surface area (Å²) in [4.78, 5) is 40.1. The van der Waals surface area contributed by atoms with Crippen molar-refractivity contribution < 1.29 is 50.2 Å². The summed E-state index contributed by atoms with van der Waals surface area (Å²) >= 11 is 0. The van der Waals surface area contributed by atoms with Crippen LogP contribution in [0.1, 0.15) is 37.0 Å². The first-order valence-electron chi connectivity index (χ1n) is 11.8. The summed E-state index contributed by atoms with van der Waals surface area (Å²) in [5, 5.41) is 11.4. The Kier molecular flexibility index (Phi) is 5.96. The Morgan fingerprint density at radius 2 is 1.65 bits per heavy atom. The molecule has 0 unspecified atom stereocenters. The van der Waals surface area contributed by atoms with Gasteiger partial charge in [0.2, 0.25) is 11.8 Å². The standard InChI is InChI=1S/C26H19F6N3O5/c1-23-10-17(39-22(38)34-14-6-4-13(5-7-14)25(27,28)29)24(2,40-23)19-18(23)20(36)35(21(19)37)15-8-3-12(11-33)16(9-15)26(30,31)32/h3-9,17-19H,10H2,1-2H3,(H,34,38)/t17-,18-,19+,23+,24+/m0/s1. The fourth-order valence-corrected chi connectivity index (χ4v) is 5.93. The lowest BCUT2D eigenvalue weighted by molar-refractivity contribution is -0.138. The molecule has 2 aromatic carbocycles. The molecule has 0 saturated carbocycles. The van der Waals surface area contributed by atoms with Gasteiger partial charge >= 0.3 is 18.4 Å². The number of hydrogen-bond donors (Lipinski definition) is 1. The van der Waals surface area contributed by atoms with Gasteiger partial charge in [-0.1, -0.05) is 0 Å². The fraction of sp³-hybridized carbons (Fsp3) is 0.385. The second kappa shape index (κ2) is 8.69. The number of anilines is 2. The van der Waals surface area contributed by atoms with Crippen LogP contribution < -0.4 is 10.2 Å². The summed E-state index contributed by atoms with van der Waals surface area (Å²) in [5.41, 5.74) is -6.08. The van der Waals surface area contributed by atoms with Crippen molar-refractivity contribution >= 4 is 29.3 Å². The number of fused-ring (bicyclic) bond motifs is 5. The van der Waals surface area contributed by atoms with Crippen LogP contribution in [0, 0.1) is 23.2 Å². The third-order valence-electron chi connectivity index (χ3n) is 7.66. The summed E-state index contributed by atoms with van der Waals surface area (Å²) in [7, 11) is 0. The highest BCUT2D eigenvalue weighted by atomic mass is 19.4. The molecule has 14 heteroatoms. The van der Waals surface area contributed by atoms with Gasteiger partial charge < -0.3 is 9.47 Å². The maximum Gasteiger partial charge on any atom is 0.417 e. The average Bonchev–Trinajstić information content (AvgIpc) is 3.37. The van der Waals surface area contributed by atoms with Crippen molar-refractivity contribution in [3.8, 4) is 6.07 Å². The van der Waals surface area contributed by atoms with E-state index < -0.39 is 76.1 Å². The van der Waals surface area contributed by atoms with Gasteiger partial charge in [-0.25, -0.2) is 9.69 Å². The average molecular weight is 567 g/mol. The summed E-state index contributed by atoms with van der Waals surface area (Å²) in [5.74, 6) is -3.91. The van der Waals surface area contributed by atoms with E-state index in [4.69, 9.17) is 14.7 Å². The van der Waals surface area contributed by atoms with Crippen molar-refractivity contribution in [2.24, 2.45) is 11.8 Å². The number of alkyl halides is 6. The van der Waals surface area contributed by atoms with E-state index in [0.29, 0.717) is 11.0 Å². The molecule has 2 bridgehead atoms. The Balaban J connectivity index is 1.38. The molecule has 0 aromatic heterocycles. The monoisotopic (exact) mass is 567 g/mol. The van der Waals surface area contributed by atoms with E-state index in [-0.39, 0.29) is 17.8 Å². The molecular weight excluding hydrogens is 548 g/mol. The molecule has 3 aliphatic rings. The van der Waals surface area contributed by atoms with Crippen molar-refractivity contribution in [3.63, 3.8) is 0 Å². The minimum atomic E-state index is -4.91. The maximum absolute atomic E-state index is 13.5. The van der Waals surface area contributed by atoms with E-state index in [0.717, 1.165) is 36.4 Å². The van der Waals surface area contributed by atoms with Gasteiger partial charge in [-0.15, -0.1) is 0 Å². The van der Waals surface area contributed by atoms with Gasteiger partial charge in [-0.3, -0.25) is 14.9 Å². The zero-order valence-corrected chi connectivity index (χ0v) is 20.7. The molecule has 40 heavy (non-hydrogen) atoms. The first kappa shape index (κ1) is 27.4. The number of hydrogen-bond acceptors (Lipinski definition) is 6. The Hall–Kier alpha value is -4.12. The van der Waals surface area contributed by atoms with Crippen LogP contribution in [0.15, 0.2) is 42.5 Å². The number of halogens is 6. The van der Waals surface area contributed by atoms with Gasteiger partial charge in [0.15, 0.2) is 0 Å². The van der Waals surface area contributed by atoms with Gasteiger partial charge in [-0.05, 0) is 56.3 Å². The molecule has 1 N–H and O–H groups in total. The highest BCUT2D eigenvalue weighted by molar-refractivity contribution is 6.23. The lowest BCUT2D eigenvalue weighted by Crippen LogP contribution is -2.51. The Morgan fingerprint density at radius 1 is 1.02 bits per heavy atom. The van der Waals surface area contributed by atoms with Crippen molar-refractivity contribution in [1.29, 1.82) is 5.26 Å². The molecule has 210 valence electrons. The topological polar surface area (TPSA) is 109 Å². The first-order valence-corrected chi connectivity index (χ1v) is 11.8. The number of nitrogens with one attached hydrogen (secondary N) is 1. The number of amides is 3. The molecule has 0 spiro atoms. The molecular formula is C26H19F6N3O5. The smallest absolute Gasteiger partial charge is 0.417 e. The van der Waals surface area contributed by atoms with Crippen molar-refractivity contribution in [3.05, 3.63) is 59.2 Å². The minimum absolute atomic E-state index is 0.0101. The summed E-state index contributed by atoms with van der Waals surface area (Å²) in [6.07, 6.45) is -11.6. The quantitative estimate of drug-likeness (QED) is 0.400. The number of rotatable bonds is 3. The zero-order chi connectivity index (χ0) is 29.4. The van der Waals surface area contributed by atoms with E-state index in [1.807, 2.05) is 0 Å². The highest BCUT2D eigenvalue weighted by Crippen LogP contribution is 2.62. The highest BCUT2D eigenvalue weighted by Gasteiger charge is 2.77. The molecule has 3 fully saturated rings. The van der Waals surface area contributed by atoms with Crippen LogP contribution in [0.25, 0.3) is 0 Å². The summed E-state index contributed by atoms with van der Waals surface area (Å²) in [6, 6.07) is 7.55. The van der Waals surface area contributed by atoms with Crippen LogP contribution in [-0.4, -0.2) is 35.2 Å². The van der Waals surface area contributed by atoms with Gasteiger partial charge in [-0.2, -0.15) is 31.6 Å². The van der Waals surface area contributed by atoms with Crippen LogP contribution in [0.4, 0.5) is 42.5 Å². The molecule has 5 atom stereocenters. The molecule has 0 radical (unpaired) electrons. The maximum atomic E-state index is 13.5. The summed E-state index contributed by atoms with van der Waals surface area (Å²) < 4.78 is 90.4. The second-order valence-electron chi connectivity index (χ2n) is 10.2. The van der Waals surface area contributed by atoms with Crippen LogP contribution in [0.2, 0.25) is 0 Å². The van der Waals surface area contributed by atoms with Gasteiger partial charge in [0.05, 0.1) is 45.9 Å². The summed E-state index contributed by atoms with van der Waals surface area (Å²) in [6.45, 7) is 2.98. The zero-order valence-electron chi connectivity index (χ0n) is 20.7. The van der Waals surface area contributed by atoms with Crippen LogP contribution >= 0.6 is 0 Å². The lowest BCUT2D eigenvalue weighted by Gasteiger charge is -2.34. The Labute approximate surface area is 222 Å². The molecule has 5 rings (SSSR count). The number of nitrogens with zero attached hydrogens (tertiary/aromatic N) is 2. The van der Waals surface area contributed by atoms with E-state index in [1.54, 1.807) is 0 Å². The van der Waals surface area contributed by atoms with Crippen LogP contribution in [0.3, 0.4) is 0 Å². The molecule has 3 aliphatic heterocycles. The third-order valence-corrected chi connectivity index (χ3v) is 7.66. The molecule has 2 aromatic rings. The van der Waals surface area contributed by atoms with Crippen molar-refractivity contribution in [1.82, 2.24) is 0 Å². The third kappa shape index (κ3) is 4.16. The Bertz CT molecular complexity index is 1470. The van der Waals surface area contributed by atoms with E-state index >= 15 is 0 Å². The van der Waals surface area contributed by atoms with Crippen LogP contribution in [0.5, 0.6) is 0 Å². The van der Waals surface area contributed by atoms with E-state index in [2.05, 4.69) is 5.32 Å². The second-order valence-corrected chi connectivity index (χ2v) is 10.2. The molecule has 3 saturated heterocycles. The normalized spacial score (nSPS) is 29.4.